The van der Waals surface area contributed by atoms with Crippen molar-refractivity contribution in [1.82, 2.24) is 9.55 Å². The fourth-order valence-corrected chi connectivity index (χ4v) is 6.50. The van der Waals surface area contributed by atoms with Gasteiger partial charge in [0, 0.05) is 35.1 Å². The Labute approximate surface area is 191 Å². The molecule has 0 saturated carbocycles. The summed E-state index contributed by atoms with van der Waals surface area (Å²) in [5.41, 5.74) is 3.40. The summed E-state index contributed by atoms with van der Waals surface area (Å²) in [5.74, 6) is 0.547. The molecule has 8 heteroatoms. The van der Waals surface area contributed by atoms with Crippen molar-refractivity contribution in [3.8, 4) is 11.4 Å². The Kier molecular flexibility index (Phi) is 4.51. The molecule has 2 aliphatic heterocycles. The number of benzene rings is 3. The Morgan fingerprint density at radius 2 is 1.79 bits per heavy atom. The van der Waals surface area contributed by atoms with Crippen LogP contribution in [0, 0.1) is 0 Å². The zero-order valence-corrected chi connectivity index (χ0v) is 18.7. The number of sulfonamides is 1. The van der Waals surface area contributed by atoms with Crippen molar-refractivity contribution < 1.29 is 13.2 Å². The number of rotatable bonds is 4. The smallest absolute Gasteiger partial charge is 0.265 e. The highest BCUT2D eigenvalue weighted by atomic mass is 32.2. The van der Waals surface area contributed by atoms with E-state index >= 15 is 0 Å². The molecule has 0 bridgehead atoms. The van der Waals surface area contributed by atoms with Crippen molar-refractivity contribution in [2.24, 2.45) is 0 Å². The van der Waals surface area contributed by atoms with Crippen LogP contribution in [0.1, 0.15) is 18.5 Å². The second-order valence-corrected chi connectivity index (χ2v) is 10.3. The second-order valence-electron chi connectivity index (χ2n) is 8.45. The summed E-state index contributed by atoms with van der Waals surface area (Å²) in [4.78, 5) is 17.6. The zero-order chi connectivity index (χ0) is 22.6. The number of carbonyl (C=O) groups is 1. The minimum atomic E-state index is -3.77. The number of imidazole rings is 1. The van der Waals surface area contributed by atoms with Crippen molar-refractivity contribution >= 4 is 38.1 Å². The number of hydrogen-bond donors (Lipinski definition) is 1. The predicted molar refractivity (Wildman–Crippen MR) is 128 cm³/mol. The summed E-state index contributed by atoms with van der Waals surface area (Å²) < 4.78 is 29.6. The number of amides is 1. The number of nitrogens with one attached hydrogen (secondary N) is 1. The summed E-state index contributed by atoms with van der Waals surface area (Å²) >= 11 is 0. The van der Waals surface area contributed by atoms with E-state index < -0.39 is 15.9 Å². The Morgan fingerprint density at radius 3 is 2.61 bits per heavy atom. The van der Waals surface area contributed by atoms with E-state index in [0.29, 0.717) is 16.8 Å². The Bertz CT molecular complexity index is 1500. The quantitative estimate of drug-likeness (QED) is 0.497. The molecule has 1 aromatic heterocycles. The summed E-state index contributed by atoms with van der Waals surface area (Å²) in [6.07, 6.45) is 5.35. The maximum Gasteiger partial charge on any atom is 0.265 e. The summed E-state index contributed by atoms with van der Waals surface area (Å²) in [7, 11) is -3.77. The van der Waals surface area contributed by atoms with Gasteiger partial charge in [-0.3, -0.25) is 9.10 Å². The standard InChI is InChI=1S/C25H22N4O3S/c30-23(16-29-21-8-3-5-17-6-4-9-22(24(17)21)33(29,31)32)27-19-12-10-18(11-13-19)25-26-15-20-7-1-2-14-28(20)25/h3-6,8-13,15H,1-2,7,14,16H2,(H,27,30). The third-order valence-electron chi connectivity index (χ3n) is 6.40. The van der Waals surface area contributed by atoms with Crippen LogP contribution in [-0.4, -0.2) is 30.4 Å². The van der Waals surface area contributed by atoms with E-state index in [-0.39, 0.29) is 11.4 Å². The van der Waals surface area contributed by atoms with E-state index in [4.69, 9.17) is 0 Å². The molecular weight excluding hydrogens is 436 g/mol. The highest BCUT2D eigenvalue weighted by molar-refractivity contribution is 7.93. The van der Waals surface area contributed by atoms with E-state index in [0.717, 1.165) is 36.2 Å². The first-order valence-corrected chi connectivity index (χ1v) is 12.5. The number of nitrogens with zero attached hydrogens (tertiary/aromatic N) is 3. The molecule has 4 aromatic rings. The van der Waals surface area contributed by atoms with Crippen LogP contribution in [0.25, 0.3) is 22.2 Å². The van der Waals surface area contributed by atoms with Gasteiger partial charge in [-0.15, -0.1) is 0 Å². The van der Waals surface area contributed by atoms with Crippen LogP contribution in [0.4, 0.5) is 11.4 Å². The first-order chi connectivity index (χ1) is 16.0. The number of anilines is 2. The minimum absolute atomic E-state index is 0.246. The molecule has 0 fully saturated rings. The molecule has 7 nitrogen and oxygen atoms in total. The molecule has 1 amide bonds. The van der Waals surface area contributed by atoms with Gasteiger partial charge >= 0.3 is 0 Å². The third-order valence-corrected chi connectivity index (χ3v) is 8.20. The van der Waals surface area contributed by atoms with Crippen molar-refractivity contribution in [1.29, 1.82) is 0 Å². The van der Waals surface area contributed by atoms with E-state index in [1.54, 1.807) is 24.3 Å². The number of hydrogen-bond acceptors (Lipinski definition) is 4. The zero-order valence-electron chi connectivity index (χ0n) is 17.9. The molecule has 0 radical (unpaired) electrons. The molecule has 2 aliphatic rings. The van der Waals surface area contributed by atoms with Gasteiger partial charge in [0.15, 0.2) is 0 Å². The van der Waals surface area contributed by atoms with Gasteiger partial charge in [0.25, 0.3) is 10.0 Å². The lowest BCUT2D eigenvalue weighted by Gasteiger charge is -2.18. The van der Waals surface area contributed by atoms with E-state index in [9.17, 15) is 13.2 Å². The Morgan fingerprint density at radius 1 is 1.00 bits per heavy atom. The fraction of sp³-hybridized carbons (Fsp3) is 0.200. The second kappa shape index (κ2) is 7.45. The average molecular weight is 459 g/mol. The lowest BCUT2D eigenvalue weighted by Crippen LogP contribution is -2.35. The van der Waals surface area contributed by atoms with Crippen LogP contribution in [0.2, 0.25) is 0 Å². The van der Waals surface area contributed by atoms with Crippen LogP contribution in [0.3, 0.4) is 0 Å². The van der Waals surface area contributed by atoms with Crippen molar-refractivity contribution in [2.75, 3.05) is 16.2 Å². The molecule has 0 saturated heterocycles. The van der Waals surface area contributed by atoms with Gasteiger partial charge in [-0.1, -0.05) is 24.3 Å². The molecular formula is C25H22N4O3S. The molecule has 0 atom stereocenters. The van der Waals surface area contributed by atoms with Gasteiger partial charge in [0.1, 0.15) is 12.4 Å². The minimum Gasteiger partial charge on any atom is -0.328 e. The third kappa shape index (κ3) is 3.21. The first kappa shape index (κ1) is 20.0. The molecule has 0 unspecified atom stereocenters. The largest absolute Gasteiger partial charge is 0.328 e. The van der Waals surface area contributed by atoms with Gasteiger partial charge in [0.2, 0.25) is 5.91 Å². The van der Waals surface area contributed by atoms with Crippen LogP contribution in [0.5, 0.6) is 0 Å². The molecule has 0 spiro atoms. The van der Waals surface area contributed by atoms with E-state index in [2.05, 4.69) is 14.9 Å². The normalized spacial score (nSPS) is 16.1. The lowest BCUT2D eigenvalue weighted by molar-refractivity contribution is -0.114. The maximum atomic E-state index is 13.1. The van der Waals surface area contributed by atoms with Gasteiger partial charge in [-0.2, -0.15) is 0 Å². The summed E-state index contributed by atoms with van der Waals surface area (Å²) in [6.45, 7) is 0.689. The SMILES string of the molecule is O=C(CN1c2cccc3cccc(c23)S1(=O)=O)Nc1ccc(-c2ncc3n2CCCC3)cc1. The highest BCUT2D eigenvalue weighted by Gasteiger charge is 2.36. The van der Waals surface area contributed by atoms with Gasteiger partial charge in [-0.25, -0.2) is 13.4 Å². The van der Waals surface area contributed by atoms with Crippen LogP contribution < -0.4 is 9.62 Å². The molecule has 166 valence electrons. The Balaban J connectivity index is 1.21. The van der Waals surface area contributed by atoms with Gasteiger partial charge < -0.3 is 9.88 Å². The summed E-state index contributed by atoms with van der Waals surface area (Å²) in [6, 6.07) is 18.1. The van der Waals surface area contributed by atoms with E-state index in [1.807, 2.05) is 42.6 Å². The van der Waals surface area contributed by atoms with Crippen molar-refractivity contribution in [3.63, 3.8) is 0 Å². The van der Waals surface area contributed by atoms with Gasteiger partial charge in [-0.05, 0) is 61.0 Å². The van der Waals surface area contributed by atoms with Crippen molar-refractivity contribution in [3.05, 3.63) is 72.6 Å². The molecule has 3 aromatic carbocycles. The van der Waals surface area contributed by atoms with Crippen LogP contribution in [-0.2, 0) is 27.8 Å². The summed E-state index contributed by atoms with van der Waals surface area (Å²) in [5, 5.41) is 4.34. The molecule has 33 heavy (non-hydrogen) atoms. The number of fused-ring (bicyclic) bond motifs is 1. The number of carbonyl (C=O) groups excluding carboxylic acids is 1. The lowest BCUT2D eigenvalue weighted by atomic mass is 10.1. The average Bonchev–Trinajstić information content (AvgIpc) is 3.34. The van der Waals surface area contributed by atoms with Gasteiger partial charge in [0.05, 0.1) is 10.6 Å². The van der Waals surface area contributed by atoms with Crippen LogP contribution >= 0.6 is 0 Å². The van der Waals surface area contributed by atoms with E-state index in [1.165, 1.54) is 16.4 Å². The highest BCUT2D eigenvalue weighted by Crippen LogP contribution is 2.41. The molecule has 0 aliphatic carbocycles. The maximum absolute atomic E-state index is 13.1. The monoisotopic (exact) mass is 458 g/mol. The first-order valence-electron chi connectivity index (χ1n) is 11.0. The number of aromatic nitrogens is 2. The topological polar surface area (TPSA) is 84.3 Å². The predicted octanol–water partition coefficient (Wildman–Crippen LogP) is 4.19. The Hall–Kier alpha value is -3.65. The molecule has 3 heterocycles. The number of aryl methyl sites for hydroxylation is 1. The molecule has 1 N–H and O–H groups in total. The molecule has 6 rings (SSSR count). The van der Waals surface area contributed by atoms with Crippen LogP contribution in [0.15, 0.2) is 71.8 Å². The van der Waals surface area contributed by atoms with Crippen molar-refractivity contribution in [2.45, 2.75) is 30.7 Å². The fourth-order valence-electron chi connectivity index (χ4n) is 4.83.